The highest BCUT2D eigenvalue weighted by atomic mass is 35.5. The van der Waals surface area contributed by atoms with Gasteiger partial charge in [-0.15, -0.1) is 11.3 Å². The predicted molar refractivity (Wildman–Crippen MR) is 94.8 cm³/mol. The Morgan fingerprint density at radius 3 is 2.67 bits per heavy atom. The second-order valence-electron chi connectivity index (χ2n) is 5.76. The summed E-state index contributed by atoms with van der Waals surface area (Å²) in [6, 6.07) is 10.1. The quantitative estimate of drug-likeness (QED) is 0.896. The van der Waals surface area contributed by atoms with Gasteiger partial charge in [0.2, 0.25) is 0 Å². The summed E-state index contributed by atoms with van der Waals surface area (Å²) in [5.41, 5.74) is 0.761. The molecule has 1 aliphatic heterocycles. The zero-order valence-electron chi connectivity index (χ0n) is 13.2. The van der Waals surface area contributed by atoms with Crippen molar-refractivity contribution in [1.82, 2.24) is 15.1 Å². The second-order valence-corrected chi connectivity index (χ2v) is 7.56. The predicted octanol–water partition coefficient (Wildman–Crippen LogP) is 3.57. The van der Waals surface area contributed by atoms with Gasteiger partial charge in [-0.3, -0.25) is 4.90 Å². The number of hydrogen-bond donors (Lipinski definition) is 1. The van der Waals surface area contributed by atoms with Crippen LogP contribution in [0.2, 0.25) is 4.34 Å². The fraction of sp³-hybridized carbons (Fsp3) is 0.353. The van der Waals surface area contributed by atoms with Gasteiger partial charge in [0.15, 0.2) is 0 Å². The van der Waals surface area contributed by atoms with Gasteiger partial charge in [-0.1, -0.05) is 23.7 Å². The third-order valence-electron chi connectivity index (χ3n) is 4.00. The molecule has 0 radical (unpaired) electrons. The van der Waals surface area contributed by atoms with Gasteiger partial charge in [0.05, 0.1) is 4.34 Å². The lowest BCUT2D eigenvalue weighted by molar-refractivity contribution is 0.135. The highest BCUT2D eigenvalue weighted by Crippen LogP contribution is 2.23. The first-order valence-electron chi connectivity index (χ1n) is 7.84. The Labute approximate surface area is 149 Å². The van der Waals surface area contributed by atoms with Crippen LogP contribution in [-0.4, -0.2) is 42.0 Å². The van der Waals surface area contributed by atoms with Gasteiger partial charge in [0, 0.05) is 44.1 Å². The fourth-order valence-electron chi connectivity index (χ4n) is 2.70. The molecule has 1 N–H and O–H groups in total. The number of thiophene rings is 1. The third-order valence-corrected chi connectivity index (χ3v) is 5.22. The Morgan fingerprint density at radius 2 is 2.00 bits per heavy atom. The molecule has 1 saturated heterocycles. The molecule has 4 nitrogen and oxygen atoms in total. The van der Waals surface area contributed by atoms with Crippen molar-refractivity contribution in [3.8, 4) is 0 Å². The molecule has 2 amide bonds. The molecule has 2 heterocycles. The zero-order chi connectivity index (χ0) is 16.9. The molecule has 2 aromatic rings. The lowest BCUT2D eigenvalue weighted by Gasteiger charge is -2.34. The maximum atomic E-state index is 13.1. The van der Waals surface area contributed by atoms with Crippen LogP contribution in [0.15, 0.2) is 36.4 Å². The van der Waals surface area contributed by atoms with Gasteiger partial charge in [-0.2, -0.15) is 0 Å². The van der Waals surface area contributed by atoms with Gasteiger partial charge in [0.1, 0.15) is 5.82 Å². The smallest absolute Gasteiger partial charge is 0.317 e. The average Bonchev–Trinajstić information content (AvgIpc) is 2.98. The summed E-state index contributed by atoms with van der Waals surface area (Å²) in [5, 5.41) is 2.85. The molecule has 0 aliphatic carbocycles. The average molecular weight is 368 g/mol. The Kier molecular flexibility index (Phi) is 5.71. The van der Waals surface area contributed by atoms with Crippen molar-refractivity contribution in [2.24, 2.45) is 0 Å². The van der Waals surface area contributed by atoms with Crippen LogP contribution in [0.5, 0.6) is 0 Å². The van der Waals surface area contributed by atoms with Crippen LogP contribution in [0, 0.1) is 5.82 Å². The summed E-state index contributed by atoms with van der Waals surface area (Å²) in [6.45, 7) is 4.26. The van der Waals surface area contributed by atoms with Crippen molar-refractivity contribution < 1.29 is 9.18 Å². The van der Waals surface area contributed by atoms with E-state index in [2.05, 4.69) is 10.2 Å². The van der Waals surface area contributed by atoms with Crippen molar-refractivity contribution in [2.45, 2.75) is 13.1 Å². The first-order chi connectivity index (χ1) is 11.6. The van der Waals surface area contributed by atoms with E-state index in [4.69, 9.17) is 11.6 Å². The minimum Gasteiger partial charge on any atom is -0.334 e. The topological polar surface area (TPSA) is 35.6 Å². The number of nitrogens with one attached hydrogen (secondary N) is 1. The zero-order valence-corrected chi connectivity index (χ0v) is 14.7. The van der Waals surface area contributed by atoms with Crippen molar-refractivity contribution in [3.05, 3.63) is 57.0 Å². The molecule has 3 rings (SSSR count). The van der Waals surface area contributed by atoms with Crippen molar-refractivity contribution >= 4 is 29.0 Å². The maximum absolute atomic E-state index is 13.1. The number of piperazine rings is 1. The molecule has 0 bridgehead atoms. The first kappa shape index (κ1) is 17.2. The Morgan fingerprint density at radius 1 is 1.21 bits per heavy atom. The third kappa shape index (κ3) is 4.69. The van der Waals surface area contributed by atoms with E-state index in [1.165, 1.54) is 17.0 Å². The number of carbonyl (C=O) groups is 1. The minimum absolute atomic E-state index is 0.0990. The van der Waals surface area contributed by atoms with Gasteiger partial charge in [-0.05, 0) is 29.8 Å². The standard InChI is InChI=1S/C17H19ClFN3OS/c18-16-5-4-15(24-16)12-21-6-8-22(9-7-21)17(23)20-11-13-2-1-3-14(19)10-13/h1-5,10H,6-9,11-12H2,(H,20,23). The van der Waals surface area contributed by atoms with Crippen LogP contribution in [0.4, 0.5) is 9.18 Å². The van der Waals surface area contributed by atoms with E-state index >= 15 is 0 Å². The molecule has 0 unspecified atom stereocenters. The lowest BCUT2D eigenvalue weighted by atomic mass is 10.2. The highest BCUT2D eigenvalue weighted by molar-refractivity contribution is 7.16. The fourth-order valence-corrected chi connectivity index (χ4v) is 3.83. The molecule has 1 aliphatic rings. The van der Waals surface area contributed by atoms with E-state index in [1.807, 2.05) is 12.1 Å². The maximum Gasteiger partial charge on any atom is 0.317 e. The molecular formula is C17H19ClFN3OS. The number of carbonyl (C=O) groups excluding carboxylic acids is 1. The molecule has 1 aromatic carbocycles. The van der Waals surface area contributed by atoms with Gasteiger partial charge in [-0.25, -0.2) is 9.18 Å². The first-order valence-corrected chi connectivity index (χ1v) is 9.03. The molecule has 1 aromatic heterocycles. The number of urea groups is 1. The molecule has 24 heavy (non-hydrogen) atoms. The van der Waals surface area contributed by atoms with E-state index in [0.717, 1.165) is 29.5 Å². The van der Waals surface area contributed by atoms with E-state index in [0.29, 0.717) is 19.6 Å². The van der Waals surface area contributed by atoms with Crippen LogP contribution in [-0.2, 0) is 13.1 Å². The van der Waals surface area contributed by atoms with Gasteiger partial charge >= 0.3 is 6.03 Å². The number of nitrogens with zero attached hydrogens (tertiary/aromatic N) is 2. The van der Waals surface area contributed by atoms with Crippen LogP contribution >= 0.6 is 22.9 Å². The largest absolute Gasteiger partial charge is 0.334 e. The lowest BCUT2D eigenvalue weighted by Crippen LogP contribution is -2.51. The summed E-state index contributed by atoms with van der Waals surface area (Å²) in [7, 11) is 0. The molecule has 0 atom stereocenters. The summed E-state index contributed by atoms with van der Waals surface area (Å²) in [6.07, 6.45) is 0. The Hall–Kier alpha value is -1.63. The van der Waals surface area contributed by atoms with Crippen LogP contribution in [0.25, 0.3) is 0 Å². The Balaban J connectivity index is 1.43. The molecule has 0 spiro atoms. The summed E-state index contributed by atoms with van der Waals surface area (Å²) < 4.78 is 13.9. The Bertz CT molecular complexity index is 701. The van der Waals surface area contributed by atoms with E-state index in [1.54, 1.807) is 28.4 Å². The number of benzene rings is 1. The van der Waals surface area contributed by atoms with Crippen LogP contribution in [0.3, 0.4) is 0 Å². The molecule has 128 valence electrons. The normalized spacial score (nSPS) is 15.5. The van der Waals surface area contributed by atoms with Crippen LogP contribution in [0.1, 0.15) is 10.4 Å². The number of amides is 2. The number of hydrogen-bond acceptors (Lipinski definition) is 3. The molecule has 0 saturated carbocycles. The summed E-state index contributed by atoms with van der Waals surface area (Å²) in [4.78, 5) is 17.6. The van der Waals surface area contributed by atoms with E-state index in [-0.39, 0.29) is 11.8 Å². The van der Waals surface area contributed by atoms with E-state index in [9.17, 15) is 9.18 Å². The molecule has 1 fully saturated rings. The minimum atomic E-state index is -0.288. The second kappa shape index (κ2) is 7.96. The van der Waals surface area contributed by atoms with E-state index < -0.39 is 0 Å². The SMILES string of the molecule is O=C(NCc1cccc(F)c1)N1CCN(Cc2ccc(Cl)s2)CC1. The molecule has 7 heteroatoms. The van der Waals surface area contributed by atoms with Gasteiger partial charge in [0.25, 0.3) is 0 Å². The summed E-state index contributed by atoms with van der Waals surface area (Å²) in [5.74, 6) is -0.288. The molecular weight excluding hydrogens is 349 g/mol. The van der Waals surface area contributed by atoms with Gasteiger partial charge < -0.3 is 10.2 Å². The van der Waals surface area contributed by atoms with Crippen molar-refractivity contribution in [2.75, 3.05) is 26.2 Å². The van der Waals surface area contributed by atoms with Crippen molar-refractivity contribution in [3.63, 3.8) is 0 Å². The summed E-state index contributed by atoms with van der Waals surface area (Å²) >= 11 is 7.55. The number of rotatable bonds is 4. The van der Waals surface area contributed by atoms with Crippen molar-refractivity contribution in [1.29, 1.82) is 0 Å². The number of halogens is 2. The monoisotopic (exact) mass is 367 g/mol. The highest BCUT2D eigenvalue weighted by Gasteiger charge is 2.21. The van der Waals surface area contributed by atoms with Crippen LogP contribution < -0.4 is 5.32 Å².